The minimum absolute atomic E-state index is 0. The number of nitro groups is 1. The Morgan fingerprint density at radius 1 is 1.27 bits per heavy atom. The Bertz CT molecular complexity index is 737. The van der Waals surface area contributed by atoms with E-state index in [0.717, 1.165) is 23.7 Å². The van der Waals surface area contributed by atoms with E-state index in [1.54, 1.807) is 36.6 Å². The third-order valence-electron chi connectivity index (χ3n) is 3.40. The van der Waals surface area contributed by atoms with Crippen LogP contribution in [0.2, 0.25) is 0 Å². The molecule has 1 heterocycles. The lowest BCUT2D eigenvalue weighted by Crippen LogP contribution is -2.40. The number of aromatic nitrogens is 1. The fourth-order valence-electron chi connectivity index (χ4n) is 2.21. The van der Waals surface area contributed by atoms with Crippen molar-refractivity contribution < 1.29 is 4.92 Å². The van der Waals surface area contributed by atoms with Crippen LogP contribution in [0.5, 0.6) is 0 Å². The number of halogens is 1. The van der Waals surface area contributed by atoms with E-state index in [0.29, 0.717) is 24.7 Å². The number of aliphatic imine (C=N–C) groups is 1. The highest BCUT2D eigenvalue weighted by Crippen LogP contribution is 2.22. The molecule has 1 aromatic heterocycles. The molecule has 0 saturated heterocycles. The third kappa shape index (κ3) is 7.12. The zero-order valence-corrected chi connectivity index (χ0v) is 17.8. The fourth-order valence-corrected chi connectivity index (χ4v) is 2.86. The van der Waals surface area contributed by atoms with Gasteiger partial charge < -0.3 is 16.0 Å². The van der Waals surface area contributed by atoms with Crippen molar-refractivity contribution in [1.82, 2.24) is 15.6 Å². The van der Waals surface area contributed by atoms with E-state index in [4.69, 9.17) is 0 Å². The van der Waals surface area contributed by atoms with Gasteiger partial charge in [-0.3, -0.25) is 15.1 Å². The molecule has 0 bridgehead atoms. The summed E-state index contributed by atoms with van der Waals surface area (Å²) in [4.78, 5) is 19.1. The lowest BCUT2D eigenvalue weighted by Gasteiger charge is -2.12. The van der Waals surface area contributed by atoms with Gasteiger partial charge in [0.25, 0.3) is 5.69 Å². The number of nitro benzene ring substituents is 1. The van der Waals surface area contributed by atoms with Crippen molar-refractivity contribution in [2.75, 3.05) is 32.0 Å². The number of para-hydroxylation sites is 2. The number of hydrogen-bond acceptors (Lipinski definition) is 6. The lowest BCUT2D eigenvalue weighted by atomic mass is 10.2. The molecule has 1 aromatic carbocycles. The van der Waals surface area contributed by atoms with Crippen LogP contribution >= 0.6 is 35.3 Å². The Balaban J connectivity index is 0.00000338. The number of benzene rings is 1. The second-order valence-corrected chi connectivity index (χ2v) is 6.30. The number of aryl methyl sites for hydroxylation is 1. The molecule has 0 saturated carbocycles. The van der Waals surface area contributed by atoms with Crippen molar-refractivity contribution in [3.8, 4) is 0 Å². The summed E-state index contributed by atoms with van der Waals surface area (Å²) in [5.74, 6) is 0.691. The van der Waals surface area contributed by atoms with Gasteiger partial charge in [0.1, 0.15) is 5.69 Å². The molecule has 0 amide bonds. The normalized spacial score (nSPS) is 10.8. The summed E-state index contributed by atoms with van der Waals surface area (Å²) in [6.07, 6.45) is 0.833. The summed E-state index contributed by atoms with van der Waals surface area (Å²) in [7, 11) is 1.71. The Kier molecular flexibility index (Phi) is 9.88. The maximum Gasteiger partial charge on any atom is 0.292 e. The molecule has 10 heteroatoms. The molecule has 0 radical (unpaired) electrons. The first-order valence-corrected chi connectivity index (χ1v) is 8.81. The molecule has 0 fully saturated rings. The molecule has 0 aliphatic carbocycles. The molecule has 0 aliphatic heterocycles. The number of nitrogens with one attached hydrogen (secondary N) is 3. The zero-order valence-electron chi connectivity index (χ0n) is 14.7. The molecule has 2 aromatic rings. The summed E-state index contributed by atoms with van der Waals surface area (Å²) in [5.41, 5.74) is 1.66. The summed E-state index contributed by atoms with van der Waals surface area (Å²) in [6, 6.07) is 6.60. The molecular weight excluding hydrogens is 467 g/mol. The Labute approximate surface area is 173 Å². The maximum absolute atomic E-state index is 11.0. The van der Waals surface area contributed by atoms with Crippen molar-refractivity contribution in [1.29, 1.82) is 0 Å². The number of guanidine groups is 1. The van der Waals surface area contributed by atoms with E-state index in [1.807, 2.05) is 6.92 Å². The van der Waals surface area contributed by atoms with Crippen LogP contribution in [-0.2, 0) is 6.42 Å². The van der Waals surface area contributed by atoms with E-state index in [1.165, 1.54) is 6.07 Å². The van der Waals surface area contributed by atoms with E-state index in [2.05, 4.69) is 31.3 Å². The molecule has 0 spiro atoms. The molecule has 142 valence electrons. The first-order chi connectivity index (χ1) is 12.1. The summed E-state index contributed by atoms with van der Waals surface area (Å²) in [5, 5.41) is 23.5. The molecule has 2 rings (SSSR count). The number of hydrogen-bond donors (Lipinski definition) is 3. The quantitative estimate of drug-likeness (QED) is 0.131. The van der Waals surface area contributed by atoms with Crippen LogP contribution in [-0.4, -0.2) is 42.5 Å². The largest absolute Gasteiger partial charge is 0.378 e. The van der Waals surface area contributed by atoms with Crippen LogP contribution in [0.15, 0.2) is 34.6 Å². The van der Waals surface area contributed by atoms with Gasteiger partial charge in [-0.1, -0.05) is 12.1 Å². The second-order valence-electron chi connectivity index (χ2n) is 5.23. The van der Waals surface area contributed by atoms with Crippen molar-refractivity contribution in [2.24, 2.45) is 4.99 Å². The highest BCUT2D eigenvalue weighted by atomic mass is 127. The van der Waals surface area contributed by atoms with Crippen molar-refractivity contribution in [3.05, 3.63) is 50.5 Å². The van der Waals surface area contributed by atoms with Gasteiger partial charge in [0.2, 0.25) is 0 Å². The van der Waals surface area contributed by atoms with Crippen molar-refractivity contribution in [2.45, 2.75) is 13.3 Å². The van der Waals surface area contributed by atoms with Crippen LogP contribution in [0.25, 0.3) is 0 Å². The van der Waals surface area contributed by atoms with Crippen LogP contribution in [0, 0.1) is 17.0 Å². The topological polar surface area (TPSA) is 104 Å². The van der Waals surface area contributed by atoms with Crippen LogP contribution in [0.3, 0.4) is 0 Å². The van der Waals surface area contributed by atoms with Crippen LogP contribution in [0.1, 0.15) is 10.7 Å². The number of anilines is 1. The second kappa shape index (κ2) is 11.6. The summed E-state index contributed by atoms with van der Waals surface area (Å²) in [6.45, 7) is 3.85. The first kappa shape index (κ1) is 22.1. The predicted molar refractivity (Wildman–Crippen MR) is 117 cm³/mol. The first-order valence-electron chi connectivity index (χ1n) is 7.93. The van der Waals surface area contributed by atoms with Crippen LogP contribution < -0.4 is 16.0 Å². The molecule has 8 nitrogen and oxygen atoms in total. The molecule has 26 heavy (non-hydrogen) atoms. The smallest absolute Gasteiger partial charge is 0.292 e. The summed E-state index contributed by atoms with van der Waals surface area (Å²) >= 11 is 1.65. The van der Waals surface area contributed by atoms with Crippen molar-refractivity contribution in [3.63, 3.8) is 0 Å². The van der Waals surface area contributed by atoms with Gasteiger partial charge in [-0.15, -0.1) is 35.3 Å². The minimum Gasteiger partial charge on any atom is -0.378 e. The predicted octanol–water partition coefficient (Wildman–Crippen LogP) is 2.80. The Morgan fingerprint density at radius 2 is 2.00 bits per heavy atom. The van der Waals surface area contributed by atoms with Gasteiger partial charge >= 0.3 is 0 Å². The number of thiazole rings is 1. The molecular formula is C16H23IN6O2S. The number of nitrogens with zero attached hydrogens (tertiary/aromatic N) is 3. The average molecular weight is 490 g/mol. The standard InChI is InChI=1S/C16H22N6O2S.HI/c1-12-21-13(11-25-12)7-8-19-16(17-2)20-10-9-18-14-5-3-4-6-15(14)22(23)24;/h3-6,11,18H,7-10H2,1-2H3,(H2,17,19,20);1H. The molecule has 0 aliphatic rings. The Hall–Kier alpha value is -1.95. The lowest BCUT2D eigenvalue weighted by molar-refractivity contribution is -0.384. The van der Waals surface area contributed by atoms with Gasteiger partial charge in [0.05, 0.1) is 15.6 Å². The van der Waals surface area contributed by atoms with E-state index < -0.39 is 4.92 Å². The highest BCUT2D eigenvalue weighted by Gasteiger charge is 2.11. The minimum atomic E-state index is -0.392. The van der Waals surface area contributed by atoms with Crippen molar-refractivity contribution >= 4 is 52.6 Å². The van der Waals surface area contributed by atoms with E-state index in [-0.39, 0.29) is 29.7 Å². The van der Waals surface area contributed by atoms with E-state index >= 15 is 0 Å². The van der Waals surface area contributed by atoms with Gasteiger partial charge in [0.15, 0.2) is 5.96 Å². The Morgan fingerprint density at radius 3 is 2.65 bits per heavy atom. The van der Waals surface area contributed by atoms with Gasteiger partial charge in [-0.2, -0.15) is 0 Å². The van der Waals surface area contributed by atoms with Gasteiger partial charge in [0, 0.05) is 44.5 Å². The fraction of sp³-hybridized carbons (Fsp3) is 0.375. The molecule has 3 N–H and O–H groups in total. The average Bonchev–Trinajstić information content (AvgIpc) is 3.02. The number of rotatable bonds is 8. The van der Waals surface area contributed by atoms with Gasteiger partial charge in [-0.05, 0) is 13.0 Å². The maximum atomic E-state index is 11.0. The summed E-state index contributed by atoms with van der Waals surface area (Å²) < 4.78 is 0. The molecule has 0 unspecified atom stereocenters. The van der Waals surface area contributed by atoms with E-state index in [9.17, 15) is 10.1 Å². The third-order valence-corrected chi connectivity index (χ3v) is 4.22. The zero-order chi connectivity index (χ0) is 18.1. The SMILES string of the molecule is CN=C(NCCNc1ccccc1[N+](=O)[O-])NCCc1csc(C)n1.I. The van der Waals surface area contributed by atoms with Crippen LogP contribution in [0.4, 0.5) is 11.4 Å². The highest BCUT2D eigenvalue weighted by molar-refractivity contribution is 14.0. The molecule has 0 atom stereocenters. The monoisotopic (exact) mass is 490 g/mol. The van der Waals surface area contributed by atoms with Gasteiger partial charge in [-0.25, -0.2) is 4.98 Å².